The van der Waals surface area contributed by atoms with Crippen LogP contribution in [0, 0.1) is 0 Å². The molecule has 0 aromatic heterocycles. The highest BCUT2D eigenvalue weighted by molar-refractivity contribution is 5.69. The number of benzene rings is 2. The molecule has 21 heavy (non-hydrogen) atoms. The van der Waals surface area contributed by atoms with Gasteiger partial charge in [-0.15, -0.1) is 0 Å². The van der Waals surface area contributed by atoms with Crippen LogP contribution in [0.1, 0.15) is 25.0 Å². The molecule has 0 saturated heterocycles. The van der Waals surface area contributed by atoms with Crippen LogP contribution in [0.25, 0.3) is 5.76 Å². The zero-order chi connectivity index (χ0) is 14.9. The topological polar surface area (TPSA) is 38.7 Å². The van der Waals surface area contributed by atoms with Crippen LogP contribution in [0.5, 0.6) is 11.5 Å². The van der Waals surface area contributed by atoms with Gasteiger partial charge in [-0.3, -0.25) is 0 Å². The van der Waals surface area contributed by atoms with Crippen molar-refractivity contribution in [3.63, 3.8) is 0 Å². The Morgan fingerprint density at radius 3 is 2.62 bits per heavy atom. The molecule has 0 fully saturated rings. The predicted octanol–water partition coefficient (Wildman–Crippen LogP) is 4.34. The first kappa shape index (κ1) is 13.6. The van der Waals surface area contributed by atoms with E-state index in [1.54, 1.807) is 12.1 Å². The number of hydrogen-bond acceptors (Lipinski definition) is 3. The van der Waals surface area contributed by atoms with Crippen molar-refractivity contribution in [1.29, 1.82) is 0 Å². The van der Waals surface area contributed by atoms with Crippen molar-refractivity contribution in [2.24, 2.45) is 0 Å². The number of aliphatic hydroxyl groups excluding tert-OH is 1. The number of fused-ring (bicyclic) bond motifs is 1. The lowest BCUT2D eigenvalue weighted by Crippen LogP contribution is -2.28. The van der Waals surface area contributed by atoms with Crippen molar-refractivity contribution in [2.45, 2.75) is 26.1 Å². The van der Waals surface area contributed by atoms with Gasteiger partial charge in [-0.1, -0.05) is 30.3 Å². The van der Waals surface area contributed by atoms with Crippen molar-refractivity contribution in [1.82, 2.24) is 0 Å². The third-order valence-corrected chi connectivity index (χ3v) is 3.33. The average molecular weight is 282 g/mol. The zero-order valence-corrected chi connectivity index (χ0v) is 12.2. The Bertz CT molecular complexity index is 672. The molecule has 3 rings (SSSR count). The molecule has 0 bridgehead atoms. The van der Waals surface area contributed by atoms with Gasteiger partial charge < -0.3 is 14.6 Å². The van der Waals surface area contributed by atoms with Crippen molar-refractivity contribution in [3.05, 3.63) is 65.7 Å². The monoisotopic (exact) mass is 282 g/mol. The lowest BCUT2D eigenvalue weighted by atomic mass is 10.0. The lowest BCUT2D eigenvalue weighted by molar-refractivity contribution is 0.153. The van der Waals surface area contributed by atoms with Crippen LogP contribution in [0.2, 0.25) is 0 Å². The SMILES string of the molecule is CC1(C)C=C(O)c2cc(OCc3ccccc3)ccc2O1. The Balaban J connectivity index is 1.79. The van der Waals surface area contributed by atoms with E-state index in [1.807, 2.05) is 56.3 Å². The lowest BCUT2D eigenvalue weighted by Gasteiger charge is -2.29. The molecule has 0 spiro atoms. The third kappa shape index (κ3) is 3.02. The molecule has 3 heteroatoms. The van der Waals surface area contributed by atoms with E-state index in [0.29, 0.717) is 23.7 Å². The number of ether oxygens (including phenoxy) is 2. The molecule has 1 heterocycles. The number of hydrogen-bond donors (Lipinski definition) is 1. The van der Waals surface area contributed by atoms with Gasteiger partial charge in [0.2, 0.25) is 0 Å². The summed E-state index contributed by atoms with van der Waals surface area (Å²) in [5, 5.41) is 10.1. The van der Waals surface area contributed by atoms with Crippen molar-refractivity contribution < 1.29 is 14.6 Å². The molecule has 3 nitrogen and oxygen atoms in total. The van der Waals surface area contributed by atoms with E-state index < -0.39 is 5.60 Å². The second-order valence-electron chi connectivity index (χ2n) is 5.67. The Kier molecular flexibility index (Phi) is 3.34. The molecular formula is C18H18O3. The first-order valence-electron chi connectivity index (χ1n) is 6.95. The minimum absolute atomic E-state index is 0.228. The summed E-state index contributed by atoms with van der Waals surface area (Å²) < 4.78 is 11.6. The molecule has 108 valence electrons. The first-order chi connectivity index (χ1) is 10.0. The van der Waals surface area contributed by atoms with E-state index in [2.05, 4.69) is 0 Å². The first-order valence-corrected chi connectivity index (χ1v) is 6.95. The Labute approximate surface area is 124 Å². The summed E-state index contributed by atoms with van der Waals surface area (Å²) in [5.41, 5.74) is 1.27. The van der Waals surface area contributed by atoms with Gasteiger partial charge in [0.05, 0.1) is 5.56 Å². The maximum Gasteiger partial charge on any atom is 0.131 e. The molecule has 0 unspecified atom stereocenters. The summed E-state index contributed by atoms with van der Waals surface area (Å²) in [5.74, 6) is 1.61. The Morgan fingerprint density at radius 1 is 1.10 bits per heavy atom. The van der Waals surface area contributed by atoms with E-state index in [1.165, 1.54) is 0 Å². The summed E-state index contributed by atoms with van der Waals surface area (Å²) in [6.45, 7) is 4.31. The van der Waals surface area contributed by atoms with Crippen LogP contribution in [-0.2, 0) is 6.61 Å². The minimum Gasteiger partial charge on any atom is -0.507 e. The van der Waals surface area contributed by atoms with Crippen molar-refractivity contribution >= 4 is 5.76 Å². The number of aliphatic hydroxyl groups is 1. The van der Waals surface area contributed by atoms with Crippen molar-refractivity contribution in [3.8, 4) is 11.5 Å². The maximum absolute atomic E-state index is 10.1. The quantitative estimate of drug-likeness (QED) is 0.910. The van der Waals surface area contributed by atoms with Crippen molar-refractivity contribution in [2.75, 3.05) is 0 Å². The summed E-state index contributed by atoms with van der Waals surface area (Å²) in [6, 6.07) is 15.5. The largest absolute Gasteiger partial charge is 0.507 e. The van der Waals surface area contributed by atoms with Gasteiger partial charge >= 0.3 is 0 Å². The molecule has 1 aliphatic heterocycles. The fourth-order valence-corrected chi connectivity index (χ4v) is 2.35. The van der Waals surface area contributed by atoms with E-state index in [-0.39, 0.29) is 5.76 Å². The summed E-state index contributed by atoms with van der Waals surface area (Å²) in [6.07, 6.45) is 1.70. The minimum atomic E-state index is -0.497. The highest BCUT2D eigenvalue weighted by atomic mass is 16.5. The van der Waals surface area contributed by atoms with E-state index in [0.717, 1.165) is 5.56 Å². The molecule has 1 N–H and O–H groups in total. The molecule has 2 aromatic carbocycles. The van der Waals surface area contributed by atoms with Crippen LogP contribution >= 0.6 is 0 Å². The fourth-order valence-electron chi connectivity index (χ4n) is 2.35. The van der Waals surface area contributed by atoms with E-state index >= 15 is 0 Å². The molecule has 0 aliphatic carbocycles. The fraction of sp³-hybridized carbons (Fsp3) is 0.222. The molecule has 0 atom stereocenters. The van der Waals surface area contributed by atoms with Crippen LogP contribution < -0.4 is 9.47 Å². The Morgan fingerprint density at radius 2 is 1.86 bits per heavy atom. The van der Waals surface area contributed by atoms with Crippen LogP contribution in [0.3, 0.4) is 0 Å². The maximum atomic E-state index is 10.1. The number of rotatable bonds is 3. The summed E-state index contributed by atoms with van der Waals surface area (Å²) in [7, 11) is 0. The second-order valence-corrected chi connectivity index (χ2v) is 5.67. The standard InChI is InChI=1S/C18H18O3/c1-18(2)11-16(19)15-10-14(8-9-17(15)21-18)20-12-13-6-4-3-5-7-13/h3-11,19H,12H2,1-2H3. The van der Waals surface area contributed by atoms with E-state index in [9.17, 15) is 5.11 Å². The zero-order valence-electron chi connectivity index (χ0n) is 12.2. The molecule has 0 amide bonds. The van der Waals surface area contributed by atoms with Gasteiger partial charge in [0, 0.05) is 6.08 Å². The predicted molar refractivity (Wildman–Crippen MR) is 82.5 cm³/mol. The van der Waals surface area contributed by atoms with Gasteiger partial charge in [-0.05, 0) is 37.6 Å². The normalized spacial score (nSPS) is 15.6. The van der Waals surface area contributed by atoms with Gasteiger partial charge in [-0.25, -0.2) is 0 Å². The van der Waals surface area contributed by atoms with Crippen LogP contribution in [-0.4, -0.2) is 10.7 Å². The smallest absolute Gasteiger partial charge is 0.131 e. The third-order valence-electron chi connectivity index (χ3n) is 3.33. The molecule has 0 radical (unpaired) electrons. The Hall–Kier alpha value is -2.42. The highest BCUT2D eigenvalue weighted by Gasteiger charge is 2.26. The van der Waals surface area contributed by atoms with Gasteiger partial charge in [0.25, 0.3) is 0 Å². The van der Waals surface area contributed by atoms with Crippen LogP contribution in [0.15, 0.2) is 54.6 Å². The molecular weight excluding hydrogens is 264 g/mol. The van der Waals surface area contributed by atoms with Gasteiger partial charge in [0.15, 0.2) is 0 Å². The molecule has 0 saturated carbocycles. The summed E-state index contributed by atoms with van der Waals surface area (Å²) in [4.78, 5) is 0. The summed E-state index contributed by atoms with van der Waals surface area (Å²) >= 11 is 0. The second kappa shape index (κ2) is 5.17. The highest BCUT2D eigenvalue weighted by Crippen LogP contribution is 2.36. The van der Waals surface area contributed by atoms with Crippen LogP contribution in [0.4, 0.5) is 0 Å². The molecule has 1 aliphatic rings. The average Bonchev–Trinajstić information content (AvgIpc) is 2.45. The van der Waals surface area contributed by atoms with Gasteiger partial charge in [0.1, 0.15) is 29.5 Å². The molecule has 2 aromatic rings. The van der Waals surface area contributed by atoms with Gasteiger partial charge in [-0.2, -0.15) is 0 Å². The van der Waals surface area contributed by atoms with E-state index in [4.69, 9.17) is 9.47 Å².